The van der Waals surface area contributed by atoms with Gasteiger partial charge in [0.25, 0.3) is 5.91 Å². The summed E-state index contributed by atoms with van der Waals surface area (Å²) in [4.78, 5) is 37.1. The maximum absolute atomic E-state index is 13.0. The van der Waals surface area contributed by atoms with E-state index < -0.39 is 41.0 Å². The minimum Gasteiger partial charge on any atom is -0.468 e. The molecule has 0 atom stereocenters. The lowest BCUT2D eigenvalue weighted by Gasteiger charge is -2.22. The first-order valence-corrected chi connectivity index (χ1v) is 10.1. The second-order valence-corrected chi connectivity index (χ2v) is 7.82. The third kappa shape index (κ3) is 5.52. The fourth-order valence-electron chi connectivity index (χ4n) is 2.52. The highest BCUT2D eigenvalue weighted by molar-refractivity contribution is 7.89. The number of rotatable bonds is 9. The number of carbonyl (C=O) groups excluding carboxylic acids is 3. The van der Waals surface area contributed by atoms with E-state index in [4.69, 9.17) is 0 Å². The molecule has 1 aromatic rings. The molecule has 0 saturated heterocycles. The van der Waals surface area contributed by atoms with Gasteiger partial charge in [0.1, 0.15) is 13.1 Å². The fraction of sp³-hybridized carbons (Fsp3) is 0.500. The number of esters is 2. The number of amides is 1. The van der Waals surface area contributed by atoms with Gasteiger partial charge in [0.2, 0.25) is 10.0 Å². The number of nitrogens with zero attached hydrogens (tertiary/aromatic N) is 2. The Hall–Kier alpha value is -2.46. The molecule has 0 saturated carbocycles. The zero-order chi connectivity index (χ0) is 21.5. The molecule has 9 nitrogen and oxygen atoms in total. The Morgan fingerprint density at radius 2 is 1.46 bits per heavy atom. The Morgan fingerprint density at radius 3 is 1.89 bits per heavy atom. The van der Waals surface area contributed by atoms with Crippen LogP contribution in [-0.4, -0.2) is 75.9 Å². The van der Waals surface area contributed by atoms with Crippen LogP contribution < -0.4 is 0 Å². The van der Waals surface area contributed by atoms with Crippen LogP contribution >= 0.6 is 0 Å². The highest BCUT2D eigenvalue weighted by atomic mass is 32.2. The molecule has 0 aliphatic carbocycles. The number of methoxy groups -OCH3 is 2. The first-order valence-electron chi connectivity index (χ1n) is 8.66. The van der Waals surface area contributed by atoms with Crippen LogP contribution in [-0.2, 0) is 29.1 Å². The number of ether oxygens (including phenoxy) is 2. The minimum atomic E-state index is -3.78. The molecule has 28 heavy (non-hydrogen) atoms. The average molecular weight is 414 g/mol. The molecule has 0 N–H and O–H groups in total. The molecule has 1 amide bonds. The van der Waals surface area contributed by atoms with Crippen LogP contribution in [0.4, 0.5) is 0 Å². The number of hydrogen-bond donors (Lipinski definition) is 0. The first kappa shape index (κ1) is 23.6. The van der Waals surface area contributed by atoms with E-state index in [9.17, 15) is 22.8 Å². The van der Waals surface area contributed by atoms with E-state index in [1.165, 1.54) is 22.5 Å². The summed E-state index contributed by atoms with van der Waals surface area (Å²) in [6, 6.07) is 4.19. The van der Waals surface area contributed by atoms with Crippen molar-refractivity contribution in [2.75, 3.05) is 40.4 Å². The molecular formula is C18H26N2O7S. The van der Waals surface area contributed by atoms with Crippen molar-refractivity contribution in [3.8, 4) is 0 Å². The Labute approximate surface area is 165 Å². The quantitative estimate of drug-likeness (QED) is 0.550. The Kier molecular flexibility index (Phi) is 8.58. The monoisotopic (exact) mass is 414 g/mol. The van der Waals surface area contributed by atoms with Crippen molar-refractivity contribution in [2.45, 2.75) is 25.7 Å². The molecule has 0 spiro atoms. The number of benzene rings is 1. The summed E-state index contributed by atoms with van der Waals surface area (Å²) in [7, 11) is -1.46. The van der Waals surface area contributed by atoms with Crippen molar-refractivity contribution in [1.29, 1.82) is 0 Å². The molecule has 1 rings (SSSR count). The van der Waals surface area contributed by atoms with E-state index in [-0.39, 0.29) is 23.5 Å². The van der Waals surface area contributed by atoms with Gasteiger partial charge in [0, 0.05) is 18.7 Å². The van der Waals surface area contributed by atoms with E-state index in [0.29, 0.717) is 5.56 Å². The lowest BCUT2D eigenvalue weighted by Crippen LogP contribution is -2.40. The van der Waals surface area contributed by atoms with Gasteiger partial charge < -0.3 is 14.4 Å². The van der Waals surface area contributed by atoms with E-state index in [1.807, 2.05) is 0 Å². The van der Waals surface area contributed by atoms with Crippen molar-refractivity contribution in [3.05, 3.63) is 29.3 Å². The van der Waals surface area contributed by atoms with Crippen molar-refractivity contribution in [1.82, 2.24) is 9.21 Å². The maximum atomic E-state index is 13.0. The van der Waals surface area contributed by atoms with Crippen LogP contribution in [0.3, 0.4) is 0 Å². The van der Waals surface area contributed by atoms with Crippen LogP contribution in [0.1, 0.15) is 29.8 Å². The molecule has 0 radical (unpaired) electrons. The number of carbonyl (C=O) groups is 3. The Balaban J connectivity index is 3.37. The number of aryl methyl sites for hydroxylation is 1. The SMILES string of the molecule is CCN(CC)S(=O)(=O)c1ccc(C)c(C(=O)N(CC(=O)OC)CC(=O)OC)c1. The predicted octanol–water partition coefficient (Wildman–Crippen LogP) is 0.814. The summed E-state index contributed by atoms with van der Waals surface area (Å²) in [6.45, 7) is 4.69. The lowest BCUT2D eigenvalue weighted by molar-refractivity contribution is -0.144. The fourth-order valence-corrected chi connectivity index (χ4v) is 4.00. The molecule has 0 aliphatic rings. The molecule has 0 bridgehead atoms. The summed E-state index contributed by atoms with van der Waals surface area (Å²) >= 11 is 0. The summed E-state index contributed by atoms with van der Waals surface area (Å²) in [5.74, 6) is -2.12. The van der Waals surface area contributed by atoms with Gasteiger partial charge in [0.15, 0.2) is 0 Å². The lowest BCUT2D eigenvalue weighted by atomic mass is 10.1. The van der Waals surface area contributed by atoms with Gasteiger partial charge in [-0.15, -0.1) is 0 Å². The van der Waals surface area contributed by atoms with Gasteiger partial charge in [-0.3, -0.25) is 14.4 Å². The van der Waals surface area contributed by atoms with Gasteiger partial charge in [-0.1, -0.05) is 19.9 Å². The van der Waals surface area contributed by atoms with Gasteiger partial charge >= 0.3 is 11.9 Å². The molecule has 10 heteroatoms. The normalized spacial score (nSPS) is 11.2. The topological polar surface area (TPSA) is 110 Å². The number of sulfonamides is 1. The molecule has 0 unspecified atom stereocenters. The number of hydrogen-bond acceptors (Lipinski definition) is 7. The first-order chi connectivity index (χ1) is 13.1. The van der Waals surface area contributed by atoms with Crippen LogP contribution in [0, 0.1) is 6.92 Å². The van der Waals surface area contributed by atoms with Gasteiger partial charge in [0.05, 0.1) is 19.1 Å². The highest BCUT2D eigenvalue weighted by Gasteiger charge is 2.27. The van der Waals surface area contributed by atoms with Crippen LogP contribution in [0.25, 0.3) is 0 Å². The third-order valence-electron chi connectivity index (χ3n) is 4.17. The third-order valence-corrected chi connectivity index (χ3v) is 6.21. The summed E-state index contributed by atoms with van der Waals surface area (Å²) in [6.07, 6.45) is 0. The Morgan fingerprint density at radius 1 is 0.964 bits per heavy atom. The summed E-state index contributed by atoms with van der Waals surface area (Å²) in [5.41, 5.74) is 0.573. The van der Waals surface area contributed by atoms with E-state index in [2.05, 4.69) is 9.47 Å². The molecule has 0 heterocycles. The van der Waals surface area contributed by atoms with Gasteiger partial charge in [-0.2, -0.15) is 4.31 Å². The van der Waals surface area contributed by atoms with Crippen molar-refractivity contribution >= 4 is 27.9 Å². The van der Waals surface area contributed by atoms with E-state index in [1.54, 1.807) is 20.8 Å². The second-order valence-electron chi connectivity index (χ2n) is 5.88. The van der Waals surface area contributed by atoms with E-state index >= 15 is 0 Å². The smallest absolute Gasteiger partial charge is 0.325 e. The minimum absolute atomic E-state index is 0.0405. The largest absolute Gasteiger partial charge is 0.468 e. The van der Waals surface area contributed by atoms with Crippen LogP contribution in [0.15, 0.2) is 23.1 Å². The van der Waals surface area contributed by atoms with E-state index in [0.717, 1.165) is 19.1 Å². The molecule has 156 valence electrons. The predicted molar refractivity (Wildman–Crippen MR) is 101 cm³/mol. The van der Waals surface area contributed by atoms with Crippen LogP contribution in [0.5, 0.6) is 0 Å². The Bertz CT molecular complexity index is 814. The van der Waals surface area contributed by atoms with Crippen molar-refractivity contribution < 1.29 is 32.3 Å². The summed E-state index contributed by atoms with van der Waals surface area (Å²) in [5, 5.41) is 0. The zero-order valence-electron chi connectivity index (χ0n) is 16.7. The maximum Gasteiger partial charge on any atom is 0.325 e. The highest BCUT2D eigenvalue weighted by Crippen LogP contribution is 2.21. The van der Waals surface area contributed by atoms with Crippen molar-refractivity contribution in [2.24, 2.45) is 0 Å². The van der Waals surface area contributed by atoms with Gasteiger partial charge in [-0.05, 0) is 24.6 Å². The molecule has 1 aromatic carbocycles. The molecule has 0 aromatic heterocycles. The molecular weight excluding hydrogens is 388 g/mol. The zero-order valence-corrected chi connectivity index (χ0v) is 17.5. The molecule has 0 fully saturated rings. The average Bonchev–Trinajstić information content (AvgIpc) is 2.67. The standard InChI is InChI=1S/C18H26N2O7S/c1-6-20(7-2)28(24,25)14-9-8-13(3)15(10-14)18(23)19(11-16(21)26-4)12-17(22)27-5/h8-10H,6-7,11-12H2,1-5H3. The molecule has 0 aliphatic heterocycles. The summed E-state index contributed by atoms with van der Waals surface area (Å²) < 4.78 is 35.9. The van der Waals surface area contributed by atoms with Gasteiger partial charge in [-0.25, -0.2) is 8.42 Å². The van der Waals surface area contributed by atoms with Crippen molar-refractivity contribution in [3.63, 3.8) is 0 Å². The second kappa shape index (κ2) is 10.2. The van der Waals surface area contributed by atoms with Crippen LogP contribution in [0.2, 0.25) is 0 Å².